The topological polar surface area (TPSA) is 144 Å². The van der Waals surface area contributed by atoms with Gasteiger partial charge in [0, 0.05) is 38.2 Å². The standard InChI is InChI=1S/C32H41N5O6/c1-42-17-5-14-32(31(41)35-23-10-12-24(38)13-11-23)19-22-6-4-7-25(18-22)43-20-28(39)33-15-16-37-29(30(40)34-21-32)26-8-2-3-9-27(26)36-37/h2-4,6-9,18,23-24,38H,5,10-17,19-21H2,1H3,(H,33,39)(H,34,40)(H,35,41). The van der Waals surface area contributed by atoms with E-state index in [1.54, 1.807) is 17.9 Å². The first kappa shape index (κ1) is 30.5. The highest BCUT2D eigenvalue weighted by molar-refractivity contribution is 6.05. The van der Waals surface area contributed by atoms with Crippen LogP contribution in [0.1, 0.15) is 54.6 Å². The highest BCUT2D eigenvalue weighted by Gasteiger charge is 2.40. The molecule has 1 unspecified atom stereocenters. The Bertz CT molecular complexity index is 1430. The molecule has 3 amide bonds. The number of fused-ring (bicyclic) bond motifs is 5. The van der Waals surface area contributed by atoms with Gasteiger partial charge in [-0.25, -0.2) is 0 Å². The van der Waals surface area contributed by atoms with E-state index in [2.05, 4.69) is 21.0 Å². The Labute approximate surface area is 251 Å². The molecule has 1 fully saturated rings. The molecule has 2 heterocycles. The molecule has 5 rings (SSSR count). The number of hydrogen-bond donors (Lipinski definition) is 4. The van der Waals surface area contributed by atoms with Crippen molar-refractivity contribution in [3.8, 4) is 5.75 Å². The SMILES string of the molecule is COCCCC1(C(=O)NC2CCC(O)CC2)CNC(=O)c2c3ccccc3nn2CCNC(=O)COc2cccc(c2)C1. The summed E-state index contributed by atoms with van der Waals surface area (Å²) in [5.74, 6) is -0.243. The lowest BCUT2D eigenvalue weighted by atomic mass is 9.76. The summed E-state index contributed by atoms with van der Waals surface area (Å²) in [5, 5.41) is 24.5. The van der Waals surface area contributed by atoms with Crippen molar-refractivity contribution in [1.82, 2.24) is 25.7 Å². The van der Waals surface area contributed by atoms with E-state index >= 15 is 0 Å². The van der Waals surface area contributed by atoms with E-state index in [9.17, 15) is 19.5 Å². The number of aliphatic hydroxyl groups excluding tert-OH is 1. The Morgan fingerprint density at radius 2 is 1.95 bits per heavy atom. The first-order valence-electron chi connectivity index (χ1n) is 15.1. The minimum atomic E-state index is -1.00. The van der Waals surface area contributed by atoms with Crippen LogP contribution < -0.4 is 20.7 Å². The molecule has 11 nitrogen and oxygen atoms in total. The van der Waals surface area contributed by atoms with Crippen LogP contribution in [0.2, 0.25) is 0 Å². The summed E-state index contributed by atoms with van der Waals surface area (Å²) in [6, 6.07) is 14.7. The number of nitrogens with zero attached hydrogens (tertiary/aromatic N) is 2. The third kappa shape index (κ3) is 7.52. The normalized spacial score (nSPS) is 23.5. The van der Waals surface area contributed by atoms with Crippen LogP contribution in [0.3, 0.4) is 0 Å². The fourth-order valence-electron chi connectivity index (χ4n) is 6.08. The molecule has 0 spiro atoms. The minimum absolute atomic E-state index is 0.0511. The number of hydrogen-bond acceptors (Lipinski definition) is 7. The molecule has 1 aromatic heterocycles. The van der Waals surface area contributed by atoms with Crippen LogP contribution in [0.5, 0.6) is 5.75 Å². The van der Waals surface area contributed by atoms with Gasteiger partial charge in [0.15, 0.2) is 6.61 Å². The van der Waals surface area contributed by atoms with Crippen molar-refractivity contribution in [2.45, 2.75) is 63.6 Å². The number of carbonyl (C=O) groups is 3. The van der Waals surface area contributed by atoms with Crippen molar-refractivity contribution < 1.29 is 29.0 Å². The molecular weight excluding hydrogens is 550 g/mol. The number of aromatic nitrogens is 2. The van der Waals surface area contributed by atoms with E-state index in [1.807, 2.05) is 42.5 Å². The average molecular weight is 592 g/mol. The third-order valence-corrected chi connectivity index (χ3v) is 8.42. The molecular formula is C32H41N5O6. The maximum Gasteiger partial charge on any atom is 0.270 e. The lowest BCUT2D eigenvalue weighted by molar-refractivity contribution is -0.132. The summed E-state index contributed by atoms with van der Waals surface area (Å²) in [6.07, 6.45) is 3.76. The quantitative estimate of drug-likeness (QED) is 0.322. The third-order valence-electron chi connectivity index (χ3n) is 8.42. The zero-order valence-corrected chi connectivity index (χ0v) is 24.6. The molecule has 11 heteroatoms. The van der Waals surface area contributed by atoms with Gasteiger partial charge in [-0.05, 0) is 68.7 Å². The Hall–Kier alpha value is -3.96. The zero-order chi connectivity index (χ0) is 30.2. The van der Waals surface area contributed by atoms with E-state index in [0.29, 0.717) is 73.9 Å². The van der Waals surface area contributed by atoms with Crippen LogP contribution >= 0.6 is 0 Å². The largest absolute Gasteiger partial charge is 0.484 e. The number of amides is 3. The van der Waals surface area contributed by atoms with Crippen LogP contribution in [-0.4, -0.2) is 78.2 Å². The molecule has 0 radical (unpaired) electrons. The van der Waals surface area contributed by atoms with E-state index < -0.39 is 5.41 Å². The fraction of sp³-hybridized carbons (Fsp3) is 0.500. The molecule has 3 aromatic rings. The van der Waals surface area contributed by atoms with Gasteiger partial charge in [-0.2, -0.15) is 5.10 Å². The lowest BCUT2D eigenvalue weighted by Gasteiger charge is -2.36. The Morgan fingerprint density at radius 3 is 2.77 bits per heavy atom. The number of nitrogens with one attached hydrogen (secondary N) is 3. The summed E-state index contributed by atoms with van der Waals surface area (Å²) in [5.41, 5.74) is 0.890. The molecule has 1 aliphatic heterocycles. The van der Waals surface area contributed by atoms with Gasteiger partial charge in [-0.15, -0.1) is 0 Å². The smallest absolute Gasteiger partial charge is 0.270 e. The predicted molar refractivity (Wildman–Crippen MR) is 161 cm³/mol. The van der Waals surface area contributed by atoms with Gasteiger partial charge in [-0.1, -0.05) is 30.3 Å². The molecule has 230 valence electrons. The van der Waals surface area contributed by atoms with Crippen LogP contribution in [0.25, 0.3) is 10.9 Å². The maximum atomic E-state index is 14.3. The first-order chi connectivity index (χ1) is 20.9. The lowest BCUT2D eigenvalue weighted by Crippen LogP contribution is -2.53. The minimum Gasteiger partial charge on any atom is -0.484 e. The average Bonchev–Trinajstić information content (AvgIpc) is 3.38. The highest BCUT2D eigenvalue weighted by Crippen LogP contribution is 2.32. The Balaban J connectivity index is 1.52. The van der Waals surface area contributed by atoms with Gasteiger partial charge in [0.1, 0.15) is 11.4 Å². The van der Waals surface area contributed by atoms with E-state index in [0.717, 1.165) is 5.56 Å². The predicted octanol–water partition coefficient (Wildman–Crippen LogP) is 2.35. The number of aliphatic hydroxyl groups is 1. The van der Waals surface area contributed by atoms with Crippen molar-refractivity contribution in [2.24, 2.45) is 5.41 Å². The summed E-state index contributed by atoms with van der Waals surface area (Å²) in [6.45, 7) is 0.943. The number of benzene rings is 2. The Morgan fingerprint density at radius 1 is 1.14 bits per heavy atom. The monoisotopic (exact) mass is 591 g/mol. The van der Waals surface area contributed by atoms with E-state index in [4.69, 9.17) is 9.47 Å². The second kappa shape index (κ2) is 14.0. The van der Waals surface area contributed by atoms with Crippen LogP contribution in [0, 0.1) is 5.41 Å². The number of ether oxygens (including phenoxy) is 2. The second-order valence-electron chi connectivity index (χ2n) is 11.6. The Kier molecular flexibility index (Phi) is 9.93. The summed E-state index contributed by atoms with van der Waals surface area (Å²) >= 11 is 0. The van der Waals surface area contributed by atoms with Gasteiger partial charge in [0.2, 0.25) is 5.91 Å². The van der Waals surface area contributed by atoms with Crippen LogP contribution in [0.4, 0.5) is 0 Å². The summed E-state index contributed by atoms with van der Waals surface area (Å²) in [4.78, 5) is 40.7. The van der Waals surface area contributed by atoms with Crippen molar-refractivity contribution >= 4 is 28.6 Å². The molecule has 43 heavy (non-hydrogen) atoms. The second-order valence-corrected chi connectivity index (χ2v) is 11.6. The zero-order valence-electron chi connectivity index (χ0n) is 24.6. The summed E-state index contributed by atoms with van der Waals surface area (Å²) < 4.78 is 12.8. The van der Waals surface area contributed by atoms with Crippen molar-refractivity contribution in [1.29, 1.82) is 0 Å². The van der Waals surface area contributed by atoms with Crippen molar-refractivity contribution in [2.75, 3.05) is 33.4 Å². The number of rotatable bonds is 6. The molecule has 4 N–H and O–H groups in total. The van der Waals surface area contributed by atoms with E-state index in [-0.39, 0.29) is 56.1 Å². The summed E-state index contributed by atoms with van der Waals surface area (Å²) in [7, 11) is 1.63. The molecule has 1 aliphatic carbocycles. The van der Waals surface area contributed by atoms with E-state index in [1.165, 1.54) is 0 Å². The molecule has 1 saturated carbocycles. The molecule has 2 aromatic carbocycles. The number of methoxy groups -OCH3 is 1. The van der Waals surface area contributed by atoms with Crippen LogP contribution in [0.15, 0.2) is 48.5 Å². The van der Waals surface area contributed by atoms with Crippen molar-refractivity contribution in [3.63, 3.8) is 0 Å². The fourth-order valence-corrected chi connectivity index (χ4v) is 6.08. The number of carbonyl (C=O) groups excluding carboxylic acids is 3. The van der Waals surface area contributed by atoms with Crippen LogP contribution in [-0.2, 0) is 27.3 Å². The highest BCUT2D eigenvalue weighted by atomic mass is 16.5. The first-order valence-corrected chi connectivity index (χ1v) is 15.1. The maximum absolute atomic E-state index is 14.3. The van der Waals surface area contributed by atoms with Gasteiger partial charge >= 0.3 is 0 Å². The molecule has 0 saturated heterocycles. The van der Waals surface area contributed by atoms with Gasteiger partial charge < -0.3 is 30.5 Å². The van der Waals surface area contributed by atoms with Gasteiger partial charge in [-0.3, -0.25) is 19.1 Å². The molecule has 1 atom stereocenters. The molecule has 2 bridgehead atoms. The van der Waals surface area contributed by atoms with Gasteiger partial charge in [0.25, 0.3) is 11.8 Å². The van der Waals surface area contributed by atoms with Crippen molar-refractivity contribution in [3.05, 3.63) is 59.8 Å². The molecule has 2 aliphatic rings. The van der Waals surface area contributed by atoms with Gasteiger partial charge in [0.05, 0.1) is 23.6 Å².